The highest BCUT2D eigenvalue weighted by molar-refractivity contribution is 5.83. The molecule has 4 heteroatoms. The lowest BCUT2D eigenvalue weighted by molar-refractivity contribution is -0.149. The smallest absolute Gasteiger partial charge is 0.306 e. The van der Waals surface area contributed by atoms with Crippen LogP contribution in [0.3, 0.4) is 0 Å². The topological polar surface area (TPSA) is 46.6 Å². The van der Waals surface area contributed by atoms with Gasteiger partial charge in [0.25, 0.3) is 0 Å². The van der Waals surface area contributed by atoms with Crippen LogP contribution in [0.4, 0.5) is 0 Å². The molecular weight excluding hydrogens is 879 g/mol. The molecule has 0 saturated carbocycles. The summed E-state index contributed by atoms with van der Waals surface area (Å²) in [6.07, 6.45) is 78.3. The number of carbonyl (C=O) groups excluding carboxylic acids is 2. The van der Waals surface area contributed by atoms with E-state index in [1.54, 1.807) is 0 Å². The first kappa shape index (κ1) is 70.7. The van der Waals surface area contributed by atoms with Crippen LogP contribution in [0.15, 0.2) is 12.2 Å². The van der Waals surface area contributed by atoms with E-state index in [-0.39, 0.29) is 24.2 Å². The number of nitrogens with zero attached hydrogens (tertiary/aromatic N) is 1. The zero-order valence-electron chi connectivity index (χ0n) is 50.1. The van der Waals surface area contributed by atoms with E-state index in [9.17, 15) is 9.59 Å². The van der Waals surface area contributed by atoms with Crippen LogP contribution in [0.5, 0.6) is 0 Å². The number of rotatable bonds is 62. The van der Waals surface area contributed by atoms with Crippen LogP contribution >= 0.6 is 0 Å². The normalized spacial score (nSPS) is 12.1. The fourth-order valence-corrected chi connectivity index (χ4v) is 10.9. The molecule has 0 rings (SSSR count). The van der Waals surface area contributed by atoms with E-state index in [1.807, 2.05) is 0 Å². The lowest BCUT2D eigenvalue weighted by Crippen LogP contribution is -2.38. The molecule has 0 aromatic carbocycles. The molecule has 0 aliphatic rings. The van der Waals surface area contributed by atoms with Gasteiger partial charge < -0.3 is 9.64 Å². The lowest BCUT2D eigenvalue weighted by Gasteiger charge is -2.27. The Hall–Kier alpha value is -1.32. The largest absolute Gasteiger partial charge is 0.466 e. The highest BCUT2D eigenvalue weighted by Crippen LogP contribution is 2.22. The third kappa shape index (κ3) is 54.9. The monoisotopic (exact) mass is 1010 g/mol. The van der Waals surface area contributed by atoms with Crippen molar-refractivity contribution >= 4 is 11.9 Å². The van der Waals surface area contributed by atoms with Gasteiger partial charge in [-0.2, -0.15) is 0 Å². The molecule has 1 unspecified atom stereocenters. The van der Waals surface area contributed by atoms with Crippen LogP contribution in [-0.4, -0.2) is 36.5 Å². The summed E-state index contributed by atoms with van der Waals surface area (Å²) in [6.45, 7) is 11.3. The number of hydrogen-bond acceptors (Lipinski definition) is 3. The van der Waals surface area contributed by atoms with Gasteiger partial charge in [0.15, 0.2) is 0 Å². The van der Waals surface area contributed by atoms with Crippen molar-refractivity contribution in [1.82, 2.24) is 4.90 Å². The molecule has 1 atom stereocenters. The molecule has 0 aromatic heterocycles. The first-order chi connectivity index (χ1) is 35.6. The molecule has 1 amide bonds. The second kappa shape index (κ2) is 62.2. The van der Waals surface area contributed by atoms with Crippen molar-refractivity contribution in [1.29, 1.82) is 0 Å². The van der Waals surface area contributed by atoms with Gasteiger partial charge in [-0.3, -0.25) is 9.59 Å². The molecule has 72 heavy (non-hydrogen) atoms. The molecule has 428 valence electrons. The van der Waals surface area contributed by atoms with E-state index in [0.717, 1.165) is 58.0 Å². The predicted molar refractivity (Wildman–Crippen MR) is 321 cm³/mol. The van der Waals surface area contributed by atoms with Crippen LogP contribution in [0, 0.1) is 5.92 Å². The fraction of sp³-hybridized carbons (Fsp3) is 0.941. The maximum absolute atomic E-state index is 14.2. The zero-order valence-corrected chi connectivity index (χ0v) is 50.1. The van der Waals surface area contributed by atoms with E-state index in [1.165, 1.54) is 308 Å². The average Bonchev–Trinajstić information content (AvgIpc) is 3.38. The number of amides is 1. The summed E-state index contributed by atoms with van der Waals surface area (Å²) in [6, 6.07) is 0. The van der Waals surface area contributed by atoms with Crippen molar-refractivity contribution in [3.63, 3.8) is 0 Å². The first-order valence-electron chi connectivity index (χ1n) is 33.7. The maximum atomic E-state index is 14.2. The minimum atomic E-state index is -0.234. The van der Waals surface area contributed by atoms with Crippen molar-refractivity contribution in [2.45, 2.75) is 387 Å². The molecule has 0 saturated heterocycles. The Kier molecular flexibility index (Phi) is 61.1. The van der Waals surface area contributed by atoms with Crippen LogP contribution in [0.25, 0.3) is 0 Å². The second-order valence-corrected chi connectivity index (χ2v) is 23.3. The fourth-order valence-electron chi connectivity index (χ4n) is 10.9. The third-order valence-corrected chi connectivity index (χ3v) is 16.0. The summed E-state index contributed by atoms with van der Waals surface area (Å²) < 4.78 is 5.74. The molecule has 0 radical (unpaired) electrons. The molecule has 0 spiro atoms. The Morgan fingerprint density at radius 1 is 0.319 bits per heavy atom. The third-order valence-electron chi connectivity index (χ3n) is 16.0. The number of carbonyl (C=O) groups is 2. The van der Waals surface area contributed by atoms with Gasteiger partial charge in [0.05, 0.1) is 13.0 Å². The SMILES string of the molecule is CCCCCCCCCCCCCCCCCCCCCCCCCCCCC/C=C/CCCCCCCCCC(CC(=O)OCCCCCCCC)C(=O)N(CCCCCCCC)CCCCCCCC. The van der Waals surface area contributed by atoms with Crippen LogP contribution in [0.1, 0.15) is 387 Å². The summed E-state index contributed by atoms with van der Waals surface area (Å²) in [5.74, 6) is -0.170. The number of unbranched alkanes of at least 4 members (excludes halogenated alkanes) is 49. The van der Waals surface area contributed by atoms with Gasteiger partial charge in [-0.1, -0.05) is 342 Å². The number of ether oxygens (including phenoxy) is 1. The minimum absolute atomic E-state index is 0.160. The van der Waals surface area contributed by atoms with Crippen molar-refractivity contribution in [2.24, 2.45) is 5.92 Å². The zero-order chi connectivity index (χ0) is 52.2. The van der Waals surface area contributed by atoms with Crippen LogP contribution < -0.4 is 0 Å². The predicted octanol–water partition coefficient (Wildman–Crippen LogP) is 23.5. The summed E-state index contributed by atoms with van der Waals surface area (Å²) in [5.41, 5.74) is 0. The van der Waals surface area contributed by atoms with Crippen molar-refractivity contribution in [3.05, 3.63) is 12.2 Å². The highest BCUT2D eigenvalue weighted by Gasteiger charge is 2.27. The van der Waals surface area contributed by atoms with E-state index in [2.05, 4.69) is 44.7 Å². The second-order valence-electron chi connectivity index (χ2n) is 23.3. The molecule has 0 fully saturated rings. The quantitative estimate of drug-likeness (QED) is 0.0346. The standard InChI is InChI=1S/C68H133NO3/c1-5-9-13-17-21-22-23-24-25-26-27-28-29-30-31-32-33-34-35-36-37-38-39-40-41-42-43-44-45-46-47-48-49-50-51-52-53-57-61-66(65-67(70)72-64-60-56-20-16-12-8-4)68(71)69(62-58-54-18-14-10-6-2)63-59-55-19-15-11-7-3/h45-46,66H,5-44,47-65H2,1-4H3/b46-45+. The molecule has 0 aromatic rings. The summed E-state index contributed by atoms with van der Waals surface area (Å²) >= 11 is 0. The van der Waals surface area contributed by atoms with Gasteiger partial charge >= 0.3 is 5.97 Å². The molecule has 0 aliphatic heterocycles. The van der Waals surface area contributed by atoms with Gasteiger partial charge in [0.1, 0.15) is 0 Å². The Morgan fingerprint density at radius 2 is 0.569 bits per heavy atom. The van der Waals surface area contributed by atoms with Gasteiger partial charge in [0, 0.05) is 19.0 Å². The Morgan fingerprint density at radius 3 is 0.875 bits per heavy atom. The van der Waals surface area contributed by atoms with Crippen molar-refractivity contribution in [2.75, 3.05) is 19.7 Å². The van der Waals surface area contributed by atoms with Gasteiger partial charge in [-0.25, -0.2) is 0 Å². The number of esters is 1. The van der Waals surface area contributed by atoms with Gasteiger partial charge in [0.2, 0.25) is 5.91 Å². The Labute approximate surface area is 454 Å². The molecular formula is C68H133NO3. The van der Waals surface area contributed by atoms with E-state index >= 15 is 0 Å². The molecule has 0 heterocycles. The highest BCUT2D eigenvalue weighted by atomic mass is 16.5. The number of allylic oxidation sites excluding steroid dienone is 2. The Bertz CT molecular complexity index is 1060. The summed E-state index contributed by atoms with van der Waals surface area (Å²) in [5, 5.41) is 0. The van der Waals surface area contributed by atoms with Gasteiger partial charge in [-0.15, -0.1) is 0 Å². The maximum Gasteiger partial charge on any atom is 0.306 e. The number of hydrogen-bond donors (Lipinski definition) is 0. The van der Waals surface area contributed by atoms with E-state index in [0.29, 0.717) is 6.61 Å². The van der Waals surface area contributed by atoms with E-state index in [4.69, 9.17) is 4.74 Å². The Balaban J connectivity index is 4.07. The van der Waals surface area contributed by atoms with Crippen LogP contribution in [-0.2, 0) is 14.3 Å². The average molecular weight is 1010 g/mol. The van der Waals surface area contributed by atoms with Gasteiger partial charge in [-0.05, 0) is 51.4 Å². The van der Waals surface area contributed by atoms with Crippen molar-refractivity contribution < 1.29 is 14.3 Å². The van der Waals surface area contributed by atoms with E-state index < -0.39 is 0 Å². The summed E-state index contributed by atoms with van der Waals surface area (Å²) in [7, 11) is 0. The lowest BCUT2D eigenvalue weighted by atomic mass is 9.95. The molecule has 0 N–H and O–H groups in total. The molecule has 4 nitrogen and oxygen atoms in total. The first-order valence-corrected chi connectivity index (χ1v) is 33.7. The summed E-state index contributed by atoms with van der Waals surface area (Å²) in [4.78, 5) is 29.5. The molecule has 0 aliphatic carbocycles. The van der Waals surface area contributed by atoms with Crippen LogP contribution in [0.2, 0.25) is 0 Å². The molecule has 0 bridgehead atoms. The minimum Gasteiger partial charge on any atom is -0.466 e. The van der Waals surface area contributed by atoms with Crippen molar-refractivity contribution in [3.8, 4) is 0 Å².